The Morgan fingerprint density at radius 2 is 1.70 bits per heavy atom. The number of aliphatic hydroxyl groups excluding tert-OH is 1. The van der Waals surface area contributed by atoms with Crippen molar-refractivity contribution in [3.8, 4) is 0 Å². The Bertz CT molecular complexity index is 777. The van der Waals surface area contributed by atoms with Gasteiger partial charge in [-0.25, -0.2) is 8.78 Å². The second-order valence-electron chi connectivity index (χ2n) is 4.35. The molecule has 100 valence electrons. The van der Waals surface area contributed by atoms with Crippen LogP contribution in [0.1, 0.15) is 17.2 Å². The molecule has 0 amide bonds. The van der Waals surface area contributed by atoms with Crippen molar-refractivity contribution in [3.63, 3.8) is 0 Å². The highest BCUT2D eigenvalue weighted by atomic mass is 19.2. The van der Waals surface area contributed by atoms with Crippen molar-refractivity contribution in [2.45, 2.75) is 6.10 Å². The highest BCUT2D eigenvalue weighted by molar-refractivity contribution is 5.74. The summed E-state index contributed by atoms with van der Waals surface area (Å²) in [6.07, 6.45) is 1.84. The number of hydrogen-bond acceptors (Lipinski definition) is 3. The molecular weight excluding hydrogens is 262 g/mol. The molecule has 1 atom stereocenters. The molecule has 2 aromatic carbocycles. The van der Waals surface area contributed by atoms with Gasteiger partial charge in [-0.2, -0.15) is 0 Å². The standard InChI is InChI=1S/C15H10F2N2O/c16-11-3-1-2-10(14(11)17)15(20)9-4-5-12-13(8-9)19-7-6-18-12/h1-8,15,20H. The molecule has 0 aliphatic carbocycles. The van der Waals surface area contributed by atoms with E-state index in [1.54, 1.807) is 24.4 Å². The molecule has 3 nitrogen and oxygen atoms in total. The lowest BCUT2D eigenvalue weighted by Gasteiger charge is -2.13. The molecule has 1 unspecified atom stereocenters. The second-order valence-corrected chi connectivity index (χ2v) is 4.35. The molecule has 0 bridgehead atoms. The SMILES string of the molecule is OC(c1ccc2nccnc2c1)c1cccc(F)c1F. The molecule has 0 saturated heterocycles. The van der Waals surface area contributed by atoms with E-state index in [2.05, 4.69) is 9.97 Å². The van der Waals surface area contributed by atoms with Crippen LogP contribution in [-0.2, 0) is 0 Å². The maximum absolute atomic E-state index is 13.7. The number of aliphatic hydroxyl groups is 1. The van der Waals surface area contributed by atoms with Crippen molar-refractivity contribution in [2.24, 2.45) is 0 Å². The van der Waals surface area contributed by atoms with Gasteiger partial charge in [0.05, 0.1) is 11.0 Å². The second kappa shape index (κ2) is 4.94. The zero-order chi connectivity index (χ0) is 14.1. The van der Waals surface area contributed by atoms with E-state index in [0.29, 0.717) is 16.6 Å². The van der Waals surface area contributed by atoms with Crippen molar-refractivity contribution in [1.82, 2.24) is 9.97 Å². The molecule has 5 heteroatoms. The van der Waals surface area contributed by atoms with Gasteiger partial charge in [-0.3, -0.25) is 9.97 Å². The van der Waals surface area contributed by atoms with Crippen molar-refractivity contribution < 1.29 is 13.9 Å². The minimum Gasteiger partial charge on any atom is -0.384 e. The molecule has 1 N–H and O–H groups in total. The van der Waals surface area contributed by atoms with Crippen LogP contribution in [0, 0.1) is 11.6 Å². The topological polar surface area (TPSA) is 46.0 Å². The zero-order valence-corrected chi connectivity index (χ0v) is 10.3. The normalized spacial score (nSPS) is 12.6. The van der Waals surface area contributed by atoms with E-state index in [1.807, 2.05) is 0 Å². The molecular formula is C15H10F2N2O. The minimum atomic E-state index is -1.25. The summed E-state index contributed by atoms with van der Waals surface area (Å²) in [7, 11) is 0. The summed E-state index contributed by atoms with van der Waals surface area (Å²) in [5, 5.41) is 10.2. The van der Waals surface area contributed by atoms with Crippen LogP contribution in [0.3, 0.4) is 0 Å². The van der Waals surface area contributed by atoms with E-state index in [-0.39, 0.29) is 5.56 Å². The fourth-order valence-electron chi connectivity index (χ4n) is 2.06. The smallest absolute Gasteiger partial charge is 0.164 e. The summed E-state index contributed by atoms with van der Waals surface area (Å²) in [6, 6.07) is 8.63. The highest BCUT2D eigenvalue weighted by Crippen LogP contribution is 2.26. The number of rotatable bonds is 2. The minimum absolute atomic E-state index is 0.103. The van der Waals surface area contributed by atoms with Crippen LogP contribution in [0.4, 0.5) is 8.78 Å². The molecule has 20 heavy (non-hydrogen) atoms. The van der Waals surface area contributed by atoms with Crippen molar-refractivity contribution in [3.05, 3.63) is 71.6 Å². The summed E-state index contributed by atoms with van der Waals surface area (Å²) >= 11 is 0. The lowest BCUT2D eigenvalue weighted by molar-refractivity contribution is 0.213. The molecule has 1 aromatic heterocycles. The Labute approximate surface area is 113 Å². The Morgan fingerprint density at radius 3 is 2.50 bits per heavy atom. The molecule has 0 spiro atoms. The molecule has 3 rings (SSSR count). The van der Waals surface area contributed by atoms with Gasteiger partial charge in [-0.05, 0) is 23.8 Å². The maximum Gasteiger partial charge on any atom is 0.164 e. The Balaban J connectivity index is 2.08. The number of benzene rings is 2. The fourth-order valence-corrected chi connectivity index (χ4v) is 2.06. The van der Waals surface area contributed by atoms with Gasteiger partial charge in [0, 0.05) is 18.0 Å². The Hall–Kier alpha value is -2.40. The van der Waals surface area contributed by atoms with E-state index < -0.39 is 17.7 Å². The first-order valence-electron chi connectivity index (χ1n) is 5.99. The van der Waals surface area contributed by atoms with E-state index in [1.165, 1.54) is 18.3 Å². The van der Waals surface area contributed by atoms with Crippen molar-refractivity contribution in [1.29, 1.82) is 0 Å². The van der Waals surface area contributed by atoms with Crippen LogP contribution in [0.2, 0.25) is 0 Å². The highest BCUT2D eigenvalue weighted by Gasteiger charge is 2.18. The quantitative estimate of drug-likeness (QED) is 0.780. The van der Waals surface area contributed by atoms with E-state index in [4.69, 9.17) is 0 Å². The number of fused-ring (bicyclic) bond motifs is 1. The van der Waals surface area contributed by atoms with Gasteiger partial charge < -0.3 is 5.11 Å². The van der Waals surface area contributed by atoms with Crippen molar-refractivity contribution in [2.75, 3.05) is 0 Å². The predicted octanol–water partition coefficient (Wildman–Crippen LogP) is 2.99. The first kappa shape index (κ1) is 12.6. The van der Waals surface area contributed by atoms with E-state index in [0.717, 1.165) is 6.07 Å². The van der Waals surface area contributed by atoms with Gasteiger partial charge in [0.15, 0.2) is 11.6 Å². The monoisotopic (exact) mass is 272 g/mol. The van der Waals surface area contributed by atoms with E-state index in [9.17, 15) is 13.9 Å². The third-order valence-corrected chi connectivity index (χ3v) is 3.09. The van der Waals surface area contributed by atoms with Gasteiger partial charge >= 0.3 is 0 Å². The third kappa shape index (κ3) is 2.12. The molecule has 3 aromatic rings. The first-order valence-corrected chi connectivity index (χ1v) is 5.99. The van der Waals surface area contributed by atoms with Gasteiger partial charge in [0.25, 0.3) is 0 Å². The molecule has 0 aliphatic rings. The van der Waals surface area contributed by atoms with Crippen molar-refractivity contribution >= 4 is 11.0 Å². The Kier molecular flexibility index (Phi) is 3.12. The summed E-state index contributed by atoms with van der Waals surface area (Å²) in [5.41, 5.74) is 1.58. The molecule has 0 aliphatic heterocycles. The molecule has 0 fully saturated rings. The van der Waals surface area contributed by atoms with Gasteiger partial charge in [0.1, 0.15) is 6.10 Å². The maximum atomic E-state index is 13.7. The Morgan fingerprint density at radius 1 is 0.950 bits per heavy atom. The lowest BCUT2D eigenvalue weighted by atomic mass is 10.0. The molecule has 1 heterocycles. The van der Waals surface area contributed by atoms with Gasteiger partial charge in [-0.1, -0.05) is 18.2 Å². The average Bonchev–Trinajstić information content (AvgIpc) is 2.49. The lowest BCUT2D eigenvalue weighted by Crippen LogP contribution is -2.04. The van der Waals surface area contributed by atoms with Crippen LogP contribution >= 0.6 is 0 Å². The van der Waals surface area contributed by atoms with Crippen LogP contribution in [0.25, 0.3) is 11.0 Å². The van der Waals surface area contributed by atoms with Crippen LogP contribution in [0.5, 0.6) is 0 Å². The average molecular weight is 272 g/mol. The third-order valence-electron chi connectivity index (χ3n) is 3.09. The fraction of sp³-hybridized carbons (Fsp3) is 0.0667. The summed E-state index contributed by atoms with van der Waals surface area (Å²) < 4.78 is 26.9. The summed E-state index contributed by atoms with van der Waals surface area (Å²) in [6.45, 7) is 0. The summed E-state index contributed by atoms with van der Waals surface area (Å²) in [4.78, 5) is 8.22. The van der Waals surface area contributed by atoms with Crippen LogP contribution in [0.15, 0.2) is 48.8 Å². The number of halogens is 2. The van der Waals surface area contributed by atoms with Gasteiger partial charge in [-0.15, -0.1) is 0 Å². The predicted molar refractivity (Wildman–Crippen MR) is 70.0 cm³/mol. The first-order chi connectivity index (χ1) is 9.66. The van der Waals surface area contributed by atoms with Gasteiger partial charge in [0.2, 0.25) is 0 Å². The number of aromatic nitrogens is 2. The number of nitrogens with zero attached hydrogens (tertiary/aromatic N) is 2. The molecule has 0 saturated carbocycles. The largest absolute Gasteiger partial charge is 0.384 e. The summed E-state index contributed by atoms with van der Waals surface area (Å²) in [5.74, 6) is -2.03. The zero-order valence-electron chi connectivity index (χ0n) is 10.3. The van der Waals surface area contributed by atoms with Crippen LogP contribution < -0.4 is 0 Å². The molecule has 0 radical (unpaired) electrons. The number of hydrogen-bond donors (Lipinski definition) is 1. The van der Waals surface area contributed by atoms with E-state index >= 15 is 0 Å². The van der Waals surface area contributed by atoms with Crippen LogP contribution in [-0.4, -0.2) is 15.1 Å².